The second-order valence-electron chi connectivity index (χ2n) is 9.49. The van der Waals surface area contributed by atoms with Crippen LogP contribution in [0.4, 0.5) is 16.2 Å². The van der Waals surface area contributed by atoms with E-state index in [9.17, 15) is 4.79 Å². The fourth-order valence-electron chi connectivity index (χ4n) is 4.92. The molecule has 0 spiro atoms. The highest BCUT2D eigenvalue weighted by Gasteiger charge is 2.28. The number of aryl methyl sites for hydroxylation is 1. The fourth-order valence-corrected chi connectivity index (χ4v) is 4.92. The molecule has 0 aliphatic carbocycles. The van der Waals surface area contributed by atoms with E-state index in [0.717, 1.165) is 59.8 Å². The highest BCUT2D eigenvalue weighted by Crippen LogP contribution is 2.32. The molecule has 1 aliphatic heterocycles. The molecule has 1 fully saturated rings. The predicted octanol–water partition coefficient (Wildman–Crippen LogP) is 6.04. The first kappa shape index (κ1) is 23.0. The lowest BCUT2D eigenvalue weighted by Gasteiger charge is -2.32. The summed E-state index contributed by atoms with van der Waals surface area (Å²) in [5.74, 6) is 1.22. The smallest absolute Gasteiger partial charge is 0.321 e. The number of carbonyl (C=O) groups excluding carboxylic acids is 1. The van der Waals surface area contributed by atoms with E-state index in [4.69, 9.17) is 4.98 Å². The lowest BCUT2D eigenvalue weighted by molar-refractivity contribution is 0.191. The summed E-state index contributed by atoms with van der Waals surface area (Å²) in [5, 5.41) is 3.07. The van der Waals surface area contributed by atoms with Gasteiger partial charge >= 0.3 is 6.03 Å². The zero-order valence-corrected chi connectivity index (χ0v) is 20.7. The van der Waals surface area contributed by atoms with Gasteiger partial charge in [-0.3, -0.25) is 0 Å². The number of amides is 2. The van der Waals surface area contributed by atoms with Crippen LogP contribution in [0.3, 0.4) is 0 Å². The molecule has 3 heterocycles. The van der Waals surface area contributed by atoms with Crippen molar-refractivity contribution in [3.63, 3.8) is 0 Å². The average Bonchev–Trinajstić information content (AvgIpc) is 3.29. The molecule has 6 nitrogen and oxygen atoms in total. The molecule has 35 heavy (non-hydrogen) atoms. The summed E-state index contributed by atoms with van der Waals surface area (Å²) in [7, 11) is 4.01. The number of pyridine rings is 1. The third-order valence-corrected chi connectivity index (χ3v) is 6.89. The third kappa shape index (κ3) is 4.74. The van der Waals surface area contributed by atoms with Crippen molar-refractivity contribution in [2.24, 2.45) is 0 Å². The quantitative estimate of drug-likeness (QED) is 0.389. The Balaban J connectivity index is 1.39. The molecule has 1 atom stereocenters. The molecule has 1 saturated heterocycles. The summed E-state index contributed by atoms with van der Waals surface area (Å²) in [4.78, 5) is 22.2. The Morgan fingerprint density at radius 1 is 1.09 bits per heavy atom. The summed E-state index contributed by atoms with van der Waals surface area (Å²) in [6.07, 6.45) is 5.07. The molecule has 0 radical (unpaired) electrons. The number of aromatic nitrogens is 2. The number of piperidine rings is 1. The van der Waals surface area contributed by atoms with Crippen molar-refractivity contribution in [3.8, 4) is 11.3 Å². The Hall–Kier alpha value is -3.80. The van der Waals surface area contributed by atoms with Crippen LogP contribution in [0.25, 0.3) is 16.8 Å². The minimum absolute atomic E-state index is 0.0518. The number of likely N-dealkylation sites (tertiary alicyclic amines) is 1. The minimum Gasteiger partial charge on any atom is -0.378 e. The second kappa shape index (κ2) is 9.82. The molecule has 2 amide bonds. The number of nitrogens with zero attached hydrogens (tertiary/aromatic N) is 4. The summed E-state index contributed by atoms with van der Waals surface area (Å²) >= 11 is 0. The SMILES string of the molecule is CCc1cccc(-c2nc([C@@H]3CCCN(C(=O)Nc4ccc(N(C)C)cc4)C3)n3ccccc23)c1. The monoisotopic (exact) mass is 467 g/mol. The Bertz CT molecular complexity index is 1320. The first-order chi connectivity index (χ1) is 17.0. The average molecular weight is 468 g/mol. The Morgan fingerprint density at radius 2 is 1.91 bits per heavy atom. The van der Waals surface area contributed by atoms with Crippen molar-refractivity contribution in [2.75, 3.05) is 37.4 Å². The number of rotatable bonds is 5. The molecule has 1 aliphatic rings. The molecule has 4 aromatic rings. The Morgan fingerprint density at radius 3 is 2.69 bits per heavy atom. The highest BCUT2D eigenvalue weighted by molar-refractivity contribution is 5.89. The number of anilines is 2. The summed E-state index contributed by atoms with van der Waals surface area (Å²) < 4.78 is 2.21. The van der Waals surface area contributed by atoms with Crippen molar-refractivity contribution in [1.82, 2.24) is 14.3 Å². The maximum absolute atomic E-state index is 13.1. The molecule has 5 rings (SSSR count). The van der Waals surface area contributed by atoms with Gasteiger partial charge in [0.25, 0.3) is 0 Å². The van der Waals surface area contributed by atoms with Gasteiger partial charge in [-0.25, -0.2) is 9.78 Å². The van der Waals surface area contributed by atoms with Crippen LogP contribution >= 0.6 is 0 Å². The number of carbonyl (C=O) groups is 1. The van der Waals surface area contributed by atoms with Gasteiger partial charge in [0, 0.05) is 56.2 Å². The fraction of sp³-hybridized carbons (Fsp3) is 0.310. The van der Waals surface area contributed by atoms with Crippen molar-refractivity contribution in [2.45, 2.75) is 32.1 Å². The number of hydrogen-bond donors (Lipinski definition) is 1. The van der Waals surface area contributed by atoms with Crippen LogP contribution in [0, 0.1) is 0 Å². The van der Waals surface area contributed by atoms with Crippen LogP contribution in [0.2, 0.25) is 0 Å². The molecule has 0 saturated carbocycles. The lowest BCUT2D eigenvalue weighted by Crippen LogP contribution is -2.42. The van der Waals surface area contributed by atoms with Crippen LogP contribution in [0.15, 0.2) is 72.9 Å². The van der Waals surface area contributed by atoms with Gasteiger partial charge in [-0.2, -0.15) is 0 Å². The van der Waals surface area contributed by atoms with Gasteiger partial charge in [-0.05, 0) is 67.3 Å². The van der Waals surface area contributed by atoms with Gasteiger partial charge in [0.05, 0.1) is 11.2 Å². The van der Waals surface area contributed by atoms with E-state index < -0.39 is 0 Å². The lowest BCUT2D eigenvalue weighted by atomic mass is 9.97. The maximum Gasteiger partial charge on any atom is 0.321 e. The first-order valence-corrected chi connectivity index (χ1v) is 12.4. The second-order valence-corrected chi connectivity index (χ2v) is 9.49. The van der Waals surface area contributed by atoms with Crippen LogP contribution in [-0.2, 0) is 6.42 Å². The summed E-state index contributed by atoms with van der Waals surface area (Å²) in [5.41, 5.74) is 6.49. The zero-order chi connectivity index (χ0) is 24.4. The molecule has 2 aromatic carbocycles. The summed E-state index contributed by atoms with van der Waals surface area (Å²) in [6, 6.07) is 22.8. The molecule has 2 aromatic heterocycles. The van der Waals surface area contributed by atoms with Crippen LogP contribution in [-0.4, -0.2) is 47.5 Å². The Labute approximate surface area is 207 Å². The largest absolute Gasteiger partial charge is 0.378 e. The van der Waals surface area contributed by atoms with E-state index in [-0.39, 0.29) is 11.9 Å². The number of benzene rings is 2. The van der Waals surface area contributed by atoms with Crippen LogP contribution in [0.1, 0.15) is 37.1 Å². The van der Waals surface area contributed by atoms with Crippen molar-refractivity contribution < 1.29 is 4.79 Å². The number of urea groups is 1. The zero-order valence-electron chi connectivity index (χ0n) is 20.7. The molecule has 0 bridgehead atoms. The first-order valence-electron chi connectivity index (χ1n) is 12.4. The van der Waals surface area contributed by atoms with E-state index in [0.29, 0.717) is 6.54 Å². The normalized spacial score (nSPS) is 15.9. The number of fused-ring (bicyclic) bond motifs is 1. The molecule has 0 unspecified atom stereocenters. The van der Waals surface area contributed by atoms with Crippen molar-refractivity contribution in [1.29, 1.82) is 0 Å². The highest BCUT2D eigenvalue weighted by atomic mass is 16.2. The van der Waals surface area contributed by atoms with Gasteiger partial charge in [0.2, 0.25) is 0 Å². The van der Waals surface area contributed by atoms with E-state index in [1.54, 1.807) is 0 Å². The minimum atomic E-state index is -0.0518. The van der Waals surface area contributed by atoms with Gasteiger partial charge in [0.1, 0.15) is 5.82 Å². The van der Waals surface area contributed by atoms with E-state index >= 15 is 0 Å². The number of hydrogen-bond acceptors (Lipinski definition) is 3. The van der Waals surface area contributed by atoms with Crippen molar-refractivity contribution >= 4 is 22.9 Å². The Kier molecular flexibility index (Phi) is 6.45. The van der Waals surface area contributed by atoms with Crippen molar-refractivity contribution in [3.05, 3.63) is 84.3 Å². The maximum atomic E-state index is 13.1. The molecule has 180 valence electrons. The topological polar surface area (TPSA) is 52.9 Å². The number of imidazole rings is 1. The standard InChI is InChI=1S/C29H33N5O/c1-4-21-9-7-10-22(19-21)27-26-12-5-6-18-34(26)28(31-27)23-11-8-17-33(20-23)29(35)30-24-13-15-25(16-14-24)32(2)3/h5-7,9-10,12-16,18-19,23H,4,8,11,17,20H2,1-3H3,(H,30,35)/t23-/m1/s1. The van der Waals surface area contributed by atoms with Gasteiger partial charge in [-0.1, -0.05) is 31.2 Å². The van der Waals surface area contributed by atoms with Crippen LogP contribution in [0.5, 0.6) is 0 Å². The molecule has 1 N–H and O–H groups in total. The van der Waals surface area contributed by atoms with E-state index in [1.807, 2.05) is 48.2 Å². The predicted molar refractivity (Wildman–Crippen MR) is 143 cm³/mol. The van der Waals surface area contributed by atoms with Gasteiger partial charge in [-0.15, -0.1) is 0 Å². The van der Waals surface area contributed by atoms with Crippen LogP contribution < -0.4 is 10.2 Å². The molecular formula is C29H33N5O. The summed E-state index contributed by atoms with van der Waals surface area (Å²) in [6.45, 7) is 3.59. The van der Waals surface area contributed by atoms with Gasteiger partial charge < -0.3 is 19.5 Å². The molecule has 6 heteroatoms. The van der Waals surface area contributed by atoms with E-state index in [1.165, 1.54) is 5.56 Å². The van der Waals surface area contributed by atoms with Gasteiger partial charge in [0.15, 0.2) is 0 Å². The molecular weight excluding hydrogens is 434 g/mol. The number of nitrogens with one attached hydrogen (secondary N) is 1. The van der Waals surface area contributed by atoms with E-state index in [2.05, 4.69) is 65.3 Å². The third-order valence-electron chi connectivity index (χ3n) is 6.89.